The lowest BCUT2D eigenvalue weighted by atomic mass is 10.1. The van der Waals surface area contributed by atoms with Crippen LogP contribution in [0.4, 0.5) is 4.39 Å². The summed E-state index contributed by atoms with van der Waals surface area (Å²) in [5.41, 5.74) is 0.272. The summed E-state index contributed by atoms with van der Waals surface area (Å²) in [6, 6.07) is 15.5. The first-order chi connectivity index (χ1) is 15.2. The maximum atomic E-state index is 14.9. The Morgan fingerprint density at radius 3 is 2.03 bits per heavy atom. The van der Waals surface area contributed by atoms with Gasteiger partial charge in [-0.05, 0) is 24.3 Å². The van der Waals surface area contributed by atoms with E-state index in [4.69, 9.17) is 13.7 Å². The Bertz CT molecular complexity index is 1010. The molecule has 0 saturated carbocycles. The highest BCUT2D eigenvalue weighted by Crippen LogP contribution is 2.18. The van der Waals surface area contributed by atoms with Gasteiger partial charge >= 0.3 is 11.9 Å². The largest absolute Gasteiger partial charge is 0.459 e. The molecule has 0 aliphatic heterocycles. The lowest BCUT2D eigenvalue weighted by Crippen LogP contribution is -2.45. The Balaban J connectivity index is 2.29. The topological polar surface area (TPSA) is 118 Å². The molecule has 0 unspecified atom stereocenters. The third-order valence-electron chi connectivity index (χ3n) is 3.93. The SMILES string of the molecule is CO/N=C/[C@@H](F)[C@H](OC(=O)c1ccccc1)[C@@H](COC(=O)c1ccccc1)OS(C)(=O)=O. The lowest BCUT2D eigenvalue weighted by molar-refractivity contribution is -0.0475. The van der Waals surface area contributed by atoms with E-state index in [9.17, 15) is 22.4 Å². The van der Waals surface area contributed by atoms with Gasteiger partial charge in [0.2, 0.25) is 0 Å². The van der Waals surface area contributed by atoms with Crippen LogP contribution in [0.5, 0.6) is 0 Å². The van der Waals surface area contributed by atoms with Crippen LogP contribution in [0.1, 0.15) is 20.7 Å². The van der Waals surface area contributed by atoms with E-state index in [0.29, 0.717) is 6.21 Å². The molecule has 0 fully saturated rings. The Morgan fingerprint density at radius 1 is 1.00 bits per heavy atom. The highest BCUT2D eigenvalue weighted by molar-refractivity contribution is 7.86. The number of nitrogens with zero attached hydrogens (tertiary/aromatic N) is 1. The molecular weight excluding hydrogens is 445 g/mol. The summed E-state index contributed by atoms with van der Waals surface area (Å²) in [6.45, 7) is -0.727. The summed E-state index contributed by atoms with van der Waals surface area (Å²) in [4.78, 5) is 29.2. The molecular formula is C21H22FNO8S. The Morgan fingerprint density at radius 2 is 1.53 bits per heavy atom. The van der Waals surface area contributed by atoms with Crippen LogP contribution in [0.15, 0.2) is 65.8 Å². The van der Waals surface area contributed by atoms with Gasteiger partial charge in [-0.25, -0.2) is 14.0 Å². The first kappa shape index (κ1) is 25.0. The summed E-state index contributed by atoms with van der Waals surface area (Å²) in [6.07, 6.45) is -4.29. The molecule has 172 valence electrons. The quantitative estimate of drug-likeness (QED) is 0.214. The third kappa shape index (κ3) is 8.08. The minimum Gasteiger partial charge on any atom is -0.459 e. The van der Waals surface area contributed by atoms with Crippen molar-refractivity contribution in [2.24, 2.45) is 5.16 Å². The second-order valence-electron chi connectivity index (χ2n) is 6.42. The van der Waals surface area contributed by atoms with Gasteiger partial charge in [-0.2, -0.15) is 8.42 Å². The molecule has 2 rings (SSSR count). The fourth-order valence-electron chi connectivity index (χ4n) is 2.53. The van der Waals surface area contributed by atoms with Crippen LogP contribution in [0.3, 0.4) is 0 Å². The zero-order valence-corrected chi connectivity index (χ0v) is 18.1. The minimum atomic E-state index is -4.16. The van der Waals surface area contributed by atoms with Crippen molar-refractivity contribution in [3.8, 4) is 0 Å². The molecule has 0 heterocycles. The number of carbonyl (C=O) groups excluding carboxylic acids is 2. The molecule has 0 saturated heterocycles. The van der Waals surface area contributed by atoms with E-state index in [1.165, 1.54) is 31.4 Å². The molecule has 11 heteroatoms. The van der Waals surface area contributed by atoms with Gasteiger partial charge in [0, 0.05) is 0 Å². The molecule has 0 bridgehead atoms. The Labute approximate surface area is 184 Å². The molecule has 0 aliphatic rings. The van der Waals surface area contributed by atoms with Gasteiger partial charge in [-0.1, -0.05) is 41.6 Å². The Hall–Kier alpha value is -3.31. The second-order valence-corrected chi connectivity index (χ2v) is 8.02. The van der Waals surface area contributed by atoms with E-state index in [-0.39, 0.29) is 11.1 Å². The average Bonchev–Trinajstić information content (AvgIpc) is 2.78. The molecule has 0 radical (unpaired) electrons. The van der Waals surface area contributed by atoms with Crippen molar-refractivity contribution in [1.29, 1.82) is 0 Å². The molecule has 9 nitrogen and oxygen atoms in total. The average molecular weight is 467 g/mol. The molecule has 2 aromatic carbocycles. The summed E-state index contributed by atoms with van der Waals surface area (Å²) in [5.74, 6) is -1.75. The van der Waals surface area contributed by atoms with Crippen LogP contribution < -0.4 is 0 Å². The van der Waals surface area contributed by atoms with Crippen LogP contribution in [0.2, 0.25) is 0 Å². The number of hydrogen-bond donors (Lipinski definition) is 0. The number of oxime groups is 1. The van der Waals surface area contributed by atoms with Gasteiger partial charge in [0.1, 0.15) is 13.7 Å². The van der Waals surface area contributed by atoms with Crippen molar-refractivity contribution >= 4 is 28.3 Å². The van der Waals surface area contributed by atoms with Gasteiger partial charge in [0.25, 0.3) is 10.1 Å². The number of benzene rings is 2. The highest BCUT2D eigenvalue weighted by atomic mass is 32.2. The van der Waals surface area contributed by atoms with Crippen molar-refractivity contribution in [2.45, 2.75) is 18.4 Å². The van der Waals surface area contributed by atoms with Crippen molar-refractivity contribution in [3.63, 3.8) is 0 Å². The number of hydrogen-bond acceptors (Lipinski definition) is 9. The number of halogens is 1. The first-order valence-corrected chi connectivity index (χ1v) is 11.1. The van der Waals surface area contributed by atoms with Gasteiger partial charge in [0.15, 0.2) is 18.4 Å². The van der Waals surface area contributed by atoms with E-state index < -0.39 is 47.0 Å². The standard InChI is InChI=1S/C21H22FNO8S/c1-28-23-13-17(22)19(30-21(25)16-11-7-4-8-12-16)18(31-32(2,26)27)14-29-20(24)15-9-5-3-6-10-15/h3-13,17-19H,14H2,1-2H3/b23-13+/t17-,18-,19+/m1/s1. The smallest absolute Gasteiger partial charge is 0.338 e. The fraction of sp³-hybridized carbons (Fsp3) is 0.286. The van der Waals surface area contributed by atoms with Crippen molar-refractivity contribution < 1.29 is 40.9 Å². The van der Waals surface area contributed by atoms with Gasteiger partial charge < -0.3 is 14.3 Å². The Kier molecular flexibility index (Phi) is 9.29. The predicted molar refractivity (Wildman–Crippen MR) is 112 cm³/mol. The highest BCUT2D eigenvalue weighted by Gasteiger charge is 2.37. The maximum absolute atomic E-state index is 14.9. The van der Waals surface area contributed by atoms with Crippen molar-refractivity contribution in [1.82, 2.24) is 0 Å². The van der Waals surface area contributed by atoms with E-state index in [2.05, 4.69) is 9.99 Å². The first-order valence-electron chi connectivity index (χ1n) is 9.28. The molecule has 0 spiro atoms. The molecule has 32 heavy (non-hydrogen) atoms. The molecule has 2 aromatic rings. The molecule has 0 amide bonds. The predicted octanol–water partition coefficient (Wildman–Crippen LogP) is 2.38. The van der Waals surface area contributed by atoms with Crippen LogP contribution in [-0.2, 0) is 28.6 Å². The van der Waals surface area contributed by atoms with Crippen LogP contribution in [-0.4, -0.2) is 64.9 Å². The maximum Gasteiger partial charge on any atom is 0.338 e. The van der Waals surface area contributed by atoms with Crippen molar-refractivity contribution in [3.05, 3.63) is 71.8 Å². The van der Waals surface area contributed by atoms with Crippen molar-refractivity contribution in [2.75, 3.05) is 20.0 Å². The van der Waals surface area contributed by atoms with Gasteiger partial charge in [-0.15, -0.1) is 0 Å². The lowest BCUT2D eigenvalue weighted by Gasteiger charge is -2.27. The van der Waals surface area contributed by atoms with Crippen LogP contribution in [0, 0.1) is 0 Å². The monoisotopic (exact) mass is 467 g/mol. The van der Waals surface area contributed by atoms with Gasteiger partial charge in [-0.3, -0.25) is 4.18 Å². The molecule has 3 atom stereocenters. The molecule has 0 N–H and O–H groups in total. The number of carbonyl (C=O) groups is 2. The van der Waals surface area contributed by atoms with Crippen LogP contribution in [0.25, 0.3) is 0 Å². The number of esters is 2. The third-order valence-corrected chi connectivity index (χ3v) is 4.52. The molecule has 0 aliphatic carbocycles. The van der Waals surface area contributed by atoms with E-state index in [1.807, 2.05) is 0 Å². The second kappa shape index (κ2) is 11.9. The zero-order chi connectivity index (χ0) is 23.6. The summed E-state index contributed by atoms with van der Waals surface area (Å²) >= 11 is 0. The fourth-order valence-corrected chi connectivity index (χ4v) is 3.15. The zero-order valence-electron chi connectivity index (χ0n) is 17.3. The van der Waals surface area contributed by atoms with Gasteiger partial charge in [0.05, 0.1) is 23.6 Å². The summed E-state index contributed by atoms with van der Waals surface area (Å²) < 4.78 is 53.6. The van der Waals surface area contributed by atoms with E-state index in [1.54, 1.807) is 36.4 Å². The van der Waals surface area contributed by atoms with Crippen LogP contribution >= 0.6 is 0 Å². The summed E-state index contributed by atoms with van der Waals surface area (Å²) in [7, 11) is -2.99. The normalized spacial score (nSPS) is 14.3. The number of alkyl halides is 1. The number of rotatable bonds is 11. The van der Waals surface area contributed by atoms with E-state index in [0.717, 1.165) is 6.26 Å². The molecule has 0 aromatic heterocycles. The number of ether oxygens (including phenoxy) is 2. The minimum absolute atomic E-state index is 0.0905. The summed E-state index contributed by atoms with van der Waals surface area (Å²) in [5, 5.41) is 3.29. The van der Waals surface area contributed by atoms with E-state index >= 15 is 0 Å².